The lowest BCUT2D eigenvalue weighted by atomic mass is 9.91. The molecule has 0 saturated carbocycles. The highest BCUT2D eigenvalue weighted by Gasteiger charge is 2.19. The number of hydrogen-bond acceptors (Lipinski definition) is 2. The molecule has 0 bridgehead atoms. The van der Waals surface area contributed by atoms with Gasteiger partial charge in [-0.2, -0.15) is 0 Å². The fourth-order valence-electron chi connectivity index (χ4n) is 2.61. The summed E-state index contributed by atoms with van der Waals surface area (Å²) < 4.78 is 5.50. The van der Waals surface area contributed by atoms with Gasteiger partial charge in [-0.25, -0.2) is 0 Å². The average molecular weight is 289 g/mol. The first-order valence-electron chi connectivity index (χ1n) is 7.16. The van der Waals surface area contributed by atoms with Crippen molar-refractivity contribution < 1.29 is 9.84 Å². The molecule has 3 aromatic rings. The lowest BCUT2D eigenvalue weighted by molar-refractivity contribution is 0.373. The van der Waals surface area contributed by atoms with E-state index >= 15 is 0 Å². The maximum atomic E-state index is 10.4. The fourth-order valence-corrected chi connectivity index (χ4v) is 2.61. The molecule has 0 amide bonds. The molecule has 0 unspecified atom stereocenters. The summed E-state index contributed by atoms with van der Waals surface area (Å²) >= 11 is 0. The van der Waals surface area contributed by atoms with Crippen LogP contribution in [0.25, 0.3) is 22.3 Å². The highest BCUT2D eigenvalue weighted by molar-refractivity contribution is 5.89. The van der Waals surface area contributed by atoms with Gasteiger partial charge in [0.25, 0.3) is 0 Å². The van der Waals surface area contributed by atoms with E-state index in [0.717, 1.165) is 22.3 Å². The quantitative estimate of drug-likeness (QED) is 0.747. The number of aryl methyl sites for hydroxylation is 1. The minimum atomic E-state index is 0.140. The number of phenolic OH excluding ortho intramolecular Hbond substituents is 1. The van der Waals surface area contributed by atoms with Crippen molar-refractivity contribution in [2.24, 2.45) is 0 Å². The van der Waals surface area contributed by atoms with E-state index in [1.54, 1.807) is 7.11 Å². The van der Waals surface area contributed by atoms with Crippen molar-refractivity contribution in [1.82, 2.24) is 0 Å². The third kappa shape index (κ3) is 2.44. The molecule has 109 valence electrons. The standard InChI is InChI=1S/C20H17O2/c1-14-13-17(15-9-5-3-6-10-15)18(20(22-2)19(14)21)16-11-7-4-8-12-16/h3-12,21H,1-2H3. The fraction of sp³-hybridized carbons (Fsp3) is 0.100. The molecule has 0 aromatic heterocycles. The minimum absolute atomic E-state index is 0.140. The third-order valence-electron chi connectivity index (χ3n) is 3.69. The zero-order valence-corrected chi connectivity index (χ0v) is 12.6. The monoisotopic (exact) mass is 289 g/mol. The second-order valence-corrected chi connectivity index (χ2v) is 5.11. The summed E-state index contributed by atoms with van der Waals surface area (Å²) in [7, 11) is 1.58. The molecule has 3 aromatic carbocycles. The van der Waals surface area contributed by atoms with Crippen LogP contribution < -0.4 is 4.74 Å². The Morgan fingerprint density at radius 3 is 1.95 bits per heavy atom. The van der Waals surface area contributed by atoms with E-state index in [2.05, 4.69) is 6.07 Å². The molecule has 3 rings (SSSR count). The molecule has 1 N–H and O–H groups in total. The smallest absolute Gasteiger partial charge is 0.169 e. The molecular formula is C20H17O2. The maximum Gasteiger partial charge on any atom is 0.169 e. The normalized spacial score (nSPS) is 10.5. The van der Waals surface area contributed by atoms with Crippen LogP contribution in [0.2, 0.25) is 0 Å². The van der Waals surface area contributed by atoms with Gasteiger partial charge in [0.2, 0.25) is 0 Å². The lowest BCUT2D eigenvalue weighted by Gasteiger charge is -2.17. The van der Waals surface area contributed by atoms with Crippen LogP contribution in [0.4, 0.5) is 0 Å². The van der Waals surface area contributed by atoms with Crippen LogP contribution in [0.3, 0.4) is 0 Å². The van der Waals surface area contributed by atoms with E-state index in [1.165, 1.54) is 0 Å². The Bertz CT molecular complexity index is 778. The number of rotatable bonds is 3. The van der Waals surface area contributed by atoms with Crippen molar-refractivity contribution in [3.63, 3.8) is 0 Å². The number of aromatic hydroxyl groups is 1. The second-order valence-electron chi connectivity index (χ2n) is 5.11. The summed E-state index contributed by atoms with van der Waals surface area (Å²) in [4.78, 5) is 0. The Labute approximate surface area is 130 Å². The summed E-state index contributed by atoms with van der Waals surface area (Å²) in [5, 5.41) is 10.4. The molecule has 0 heterocycles. The predicted octanol–water partition coefficient (Wildman–Crippen LogP) is 4.84. The van der Waals surface area contributed by atoms with Crippen molar-refractivity contribution in [1.29, 1.82) is 0 Å². The van der Waals surface area contributed by atoms with Gasteiger partial charge in [-0.05, 0) is 24.1 Å². The first-order valence-corrected chi connectivity index (χ1v) is 7.16. The first kappa shape index (κ1) is 14.2. The highest BCUT2D eigenvalue weighted by atomic mass is 16.5. The van der Waals surface area contributed by atoms with Crippen LogP contribution in [-0.2, 0) is 0 Å². The number of ether oxygens (including phenoxy) is 1. The van der Waals surface area contributed by atoms with Crippen LogP contribution in [0.1, 0.15) is 5.56 Å². The first-order chi connectivity index (χ1) is 10.7. The van der Waals surface area contributed by atoms with E-state index in [0.29, 0.717) is 11.3 Å². The van der Waals surface area contributed by atoms with E-state index < -0.39 is 0 Å². The van der Waals surface area contributed by atoms with Crippen molar-refractivity contribution in [2.75, 3.05) is 7.11 Å². The molecule has 0 aliphatic rings. The molecule has 0 fully saturated rings. The molecule has 0 atom stereocenters. The number of benzene rings is 3. The SMILES string of the molecule is COc1c(O)c(C)[c]c(-c2ccccc2)c1-c1ccccc1. The summed E-state index contributed by atoms with van der Waals surface area (Å²) in [6.07, 6.45) is 0. The van der Waals surface area contributed by atoms with E-state index in [9.17, 15) is 5.11 Å². The summed E-state index contributed by atoms with van der Waals surface area (Å²) in [6, 6.07) is 23.3. The molecule has 0 spiro atoms. The van der Waals surface area contributed by atoms with Crippen LogP contribution in [0.5, 0.6) is 11.5 Å². The van der Waals surface area contributed by atoms with Crippen LogP contribution in [0.15, 0.2) is 60.7 Å². The number of phenols is 1. The molecule has 2 nitrogen and oxygen atoms in total. The predicted molar refractivity (Wildman–Crippen MR) is 89.1 cm³/mol. The molecule has 1 radical (unpaired) electrons. The van der Waals surface area contributed by atoms with E-state index in [4.69, 9.17) is 4.74 Å². The molecule has 2 heteroatoms. The van der Waals surface area contributed by atoms with Gasteiger partial charge in [-0.3, -0.25) is 0 Å². The molecule has 0 saturated heterocycles. The Morgan fingerprint density at radius 1 is 0.864 bits per heavy atom. The van der Waals surface area contributed by atoms with Crippen molar-refractivity contribution in [3.8, 4) is 33.8 Å². The second kappa shape index (κ2) is 5.94. The largest absolute Gasteiger partial charge is 0.504 e. The summed E-state index contributed by atoms with van der Waals surface area (Å²) in [6.45, 7) is 1.83. The van der Waals surface area contributed by atoms with Gasteiger partial charge in [0, 0.05) is 16.7 Å². The van der Waals surface area contributed by atoms with Gasteiger partial charge in [0.15, 0.2) is 11.5 Å². The summed E-state index contributed by atoms with van der Waals surface area (Å²) in [5.74, 6) is 0.627. The molecular weight excluding hydrogens is 272 g/mol. The van der Waals surface area contributed by atoms with Crippen molar-refractivity contribution in [3.05, 3.63) is 72.3 Å². The van der Waals surface area contributed by atoms with E-state index in [1.807, 2.05) is 67.6 Å². The topological polar surface area (TPSA) is 29.5 Å². The zero-order chi connectivity index (χ0) is 15.5. The number of methoxy groups -OCH3 is 1. The maximum absolute atomic E-state index is 10.4. The van der Waals surface area contributed by atoms with Crippen molar-refractivity contribution in [2.45, 2.75) is 6.92 Å². The highest BCUT2D eigenvalue weighted by Crippen LogP contribution is 2.45. The average Bonchev–Trinajstić information content (AvgIpc) is 2.58. The third-order valence-corrected chi connectivity index (χ3v) is 3.69. The van der Waals surface area contributed by atoms with Gasteiger partial charge in [-0.15, -0.1) is 0 Å². The van der Waals surface area contributed by atoms with Gasteiger partial charge in [0.1, 0.15) is 0 Å². The Balaban J connectivity index is 2.36. The molecule has 0 aliphatic carbocycles. The van der Waals surface area contributed by atoms with Gasteiger partial charge >= 0.3 is 0 Å². The zero-order valence-electron chi connectivity index (χ0n) is 12.6. The van der Waals surface area contributed by atoms with Gasteiger partial charge < -0.3 is 9.84 Å². The molecule has 22 heavy (non-hydrogen) atoms. The van der Waals surface area contributed by atoms with Crippen LogP contribution in [0, 0.1) is 13.0 Å². The Morgan fingerprint density at radius 2 is 1.41 bits per heavy atom. The van der Waals surface area contributed by atoms with Gasteiger partial charge in [-0.1, -0.05) is 60.7 Å². The lowest BCUT2D eigenvalue weighted by Crippen LogP contribution is -1.95. The Hall–Kier alpha value is -2.74. The number of hydrogen-bond donors (Lipinski definition) is 1. The van der Waals surface area contributed by atoms with E-state index in [-0.39, 0.29) is 5.75 Å². The van der Waals surface area contributed by atoms with Crippen LogP contribution in [-0.4, -0.2) is 12.2 Å². The molecule has 0 aliphatic heterocycles. The minimum Gasteiger partial charge on any atom is -0.504 e. The van der Waals surface area contributed by atoms with Crippen molar-refractivity contribution >= 4 is 0 Å². The van der Waals surface area contributed by atoms with Gasteiger partial charge in [0.05, 0.1) is 7.11 Å². The van der Waals surface area contributed by atoms with Crippen LogP contribution >= 0.6 is 0 Å². The Kier molecular flexibility index (Phi) is 3.84. The summed E-state index contributed by atoms with van der Waals surface area (Å²) in [5.41, 5.74) is 4.50.